The summed E-state index contributed by atoms with van der Waals surface area (Å²) >= 11 is 5.92. The van der Waals surface area contributed by atoms with Crippen LogP contribution in [0.2, 0.25) is 5.02 Å². The molecular formula is C22H26ClFN2O2. The number of hydrogen-bond acceptors (Lipinski definition) is 3. The van der Waals surface area contributed by atoms with Gasteiger partial charge >= 0.3 is 5.97 Å². The molecule has 1 fully saturated rings. The molecule has 3 rings (SSSR count). The molecule has 2 aromatic rings. The molecule has 0 saturated carbocycles. The summed E-state index contributed by atoms with van der Waals surface area (Å²) < 4.78 is 13.1. The molecule has 0 atom stereocenters. The second-order valence-electron chi connectivity index (χ2n) is 7.29. The molecule has 28 heavy (non-hydrogen) atoms. The van der Waals surface area contributed by atoms with Gasteiger partial charge in [0.05, 0.1) is 6.54 Å². The molecule has 0 radical (unpaired) electrons. The third-order valence-electron chi connectivity index (χ3n) is 5.34. The molecule has 150 valence electrons. The van der Waals surface area contributed by atoms with Gasteiger partial charge in [-0.1, -0.05) is 23.7 Å². The van der Waals surface area contributed by atoms with Crippen molar-refractivity contribution in [2.24, 2.45) is 0 Å². The maximum atomic E-state index is 13.1. The van der Waals surface area contributed by atoms with Gasteiger partial charge in [-0.2, -0.15) is 0 Å². The molecule has 0 aromatic heterocycles. The minimum absolute atomic E-state index is 0.0713. The van der Waals surface area contributed by atoms with E-state index in [-0.39, 0.29) is 18.4 Å². The van der Waals surface area contributed by atoms with Crippen LogP contribution in [-0.2, 0) is 11.2 Å². The van der Waals surface area contributed by atoms with E-state index in [4.69, 9.17) is 11.6 Å². The molecule has 6 heteroatoms. The van der Waals surface area contributed by atoms with Gasteiger partial charge in [0.25, 0.3) is 0 Å². The highest BCUT2D eigenvalue weighted by atomic mass is 35.5. The molecule has 1 N–H and O–H groups in total. The second-order valence-corrected chi connectivity index (χ2v) is 7.73. The van der Waals surface area contributed by atoms with E-state index in [0.29, 0.717) is 0 Å². The zero-order valence-corrected chi connectivity index (χ0v) is 16.6. The summed E-state index contributed by atoms with van der Waals surface area (Å²) in [4.78, 5) is 15.7. The minimum Gasteiger partial charge on any atom is -0.480 e. The van der Waals surface area contributed by atoms with Crippen molar-refractivity contribution in [3.63, 3.8) is 0 Å². The standard InChI is InChI=1S/C22H26ClFN2O2/c23-18-5-3-17(4-6-18)2-1-13-26(16-22(27)28)21-11-14-25(15-12-21)20-9-7-19(24)8-10-20/h3-10,21H,1-2,11-16H2,(H,27,28). The van der Waals surface area contributed by atoms with E-state index in [2.05, 4.69) is 9.80 Å². The first kappa shape index (κ1) is 20.6. The number of aliphatic carboxylic acids is 1. The van der Waals surface area contributed by atoms with Crippen LogP contribution in [0, 0.1) is 5.82 Å². The summed E-state index contributed by atoms with van der Waals surface area (Å²) in [6, 6.07) is 14.6. The van der Waals surface area contributed by atoms with E-state index in [1.165, 1.54) is 17.7 Å². The van der Waals surface area contributed by atoms with Gasteiger partial charge in [-0.25, -0.2) is 4.39 Å². The topological polar surface area (TPSA) is 43.8 Å². The first-order valence-corrected chi connectivity index (χ1v) is 10.1. The Morgan fingerprint density at radius 1 is 1.11 bits per heavy atom. The Hall–Kier alpha value is -2.11. The number of benzene rings is 2. The molecule has 0 bridgehead atoms. The number of hydrogen-bond donors (Lipinski definition) is 1. The molecule has 1 saturated heterocycles. The van der Waals surface area contributed by atoms with E-state index in [0.717, 1.165) is 56.0 Å². The number of carbonyl (C=O) groups is 1. The molecule has 1 aliphatic heterocycles. The first-order chi connectivity index (χ1) is 13.5. The number of halogens is 2. The third-order valence-corrected chi connectivity index (χ3v) is 5.59. The Bertz CT molecular complexity index is 759. The van der Waals surface area contributed by atoms with Gasteiger partial charge in [0, 0.05) is 29.8 Å². The van der Waals surface area contributed by atoms with Gasteiger partial charge in [0.15, 0.2) is 0 Å². The van der Waals surface area contributed by atoms with Crippen LogP contribution in [0.3, 0.4) is 0 Å². The molecule has 1 aliphatic rings. The number of anilines is 1. The van der Waals surface area contributed by atoms with Crippen molar-refractivity contribution < 1.29 is 14.3 Å². The molecular weight excluding hydrogens is 379 g/mol. The van der Waals surface area contributed by atoms with Crippen molar-refractivity contribution in [2.75, 3.05) is 31.1 Å². The van der Waals surface area contributed by atoms with E-state index in [9.17, 15) is 14.3 Å². The monoisotopic (exact) mass is 404 g/mol. The molecule has 1 heterocycles. The predicted molar refractivity (Wildman–Crippen MR) is 111 cm³/mol. The van der Waals surface area contributed by atoms with Crippen LogP contribution in [0.1, 0.15) is 24.8 Å². The lowest BCUT2D eigenvalue weighted by molar-refractivity contribution is -0.139. The molecule has 0 spiro atoms. The molecule has 0 amide bonds. The van der Waals surface area contributed by atoms with Crippen molar-refractivity contribution in [3.8, 4) is 0 Å². The van der Waals surface area contributed by atoms with Gasteiger partial charge < -0.3 is 10.0 Å². The summed E-state index contributed by atoms with van der Waals surface area (Å²) in [6.45, 7) is 2.53. The first-order valence-electron chi connectivity index (χ1n) is 9.72. The molecule has 0 aliphatic carbocycles. The summed E-state index contributed by atoms with van der Waals surface area (Å²) in [5.41, 5.74) is 2.23. The SMILES string of the molecule is O=C(O)CN(CCCc1ccc(Cl)cc1)C1CCN(c2ccc(F)cc2)CC1. The number of rotatable bonds is 8. The van der Waals surface area contributed by atoms with Crippen molar-refractivity contribution in [1.29, 1.82) is 0 Å². The highest BCUT2D eigenvalue weighted by Gasteiger charge is 2.26. The predicted octanol–water partition coefficient (Wildman–Crippen LogP) is 4.47. The van der Waals surface area contributed by atoms with Crippen molar-refractivity contribution in [1.82, 2.24) is 4.90 Å². The smallest absolute Gasteiger partial charge is 0.317 e. The van der Waals surface area contributed by atoms with E-state index < -0.39 is 5.97 Å². The van der Waals surface area contributed by atoms with Crippen molar-refractivity contribution in [2.45, 2.75) is 31.7 Å². The van der Waals surface area contributed by atoms with Crippen LogP contribution < -0.4 is 4.90 Å². The van der Waals surface area contributed by atoms with Gasteiger partial charge in [0.2, 0.25) is 0 Å². The van der Waals surface area contributed by atoms with E-state index >= 15 is 0 Å². The zero-order valence-electron chi connectivity index (χ0n) is 15.9. The van der Waals surface area contributed by atoms with Gasteiger partial charge in [-0.3, -0.25) is 9.69 Å². The van der Waals surface area contributed by atoms with Crippen LogP contribution >= 0.6 is 11.6 Å². The number of piperidine rings is 1. The summed E-state index contributed by atoms with van der Waals surface area (Å²) in [5, 5.41) is 10.0. The number of aryl methyl sites for hydroxylation is 1. The Morgan fingerprint density at radius 2 is 1.75 bits per heavy atom. The Labute approximate surface area is 170 Å². The lowest BCUT2D eigenvalue weighted by Gasteiger charge is -2.39. The number of carboxylic acids is 1. The summed E-state index contributed by atoms with van der Waals surface area (Å²) in [5.74, 6) is -1.01. The highest BCUT2D eigenvalue weighted by molar-refractivity contribution is 6.30. The fourth-order valence-electron chi connectivity index (χ4n) is 3.84. The number of nitrogens with zero attached hydrogens (tertiary/aromatic N) is 2. The highest BCUT2D eigenvalue weighted by Crippen LogP contribution is 2.23. The van der Waals surface area contributed by atoms with Crippen LogP contribution in [0.25, 0.3) is 0 Å². The Balaban J connectivity index is 1.52. The van der Waals surface area contributed by atoms with Crippen LogP contribution in [0.4, 0.5) is 10.1 Å². The normalized spacial score (nSPS) is 15.2. The largest absolute Gasteiger partial charge is 0.480 e. The van der Waals surface area contributed by atoms with Crippen LogP contribution in [0.5, 0.6) is 0 Å². The van der Waals surface area contributed by atoms with Gasteiger partial charge in [-0.05, 0) is 74.2 Å². The van der Waals surface area contributed by atoms with Crippen molar-refractivity contribution in [3.05, 3.63) is 64.9 Å². The van der Waals surface area contributed by atoms with Gasteiger partial charge in [0.1, 0.15) is 5.82 Å². The maximum Gasteiger partial charge on any atom is 0.317 e. The third kappa shape index (κ3) is 5.94. The Morgan fingerprint density at radius 3 is 2.36 bits per heavy atom. The molecule has 0 unspecified atom stereocenters. The van der Waals surface area contributed by atoms with Crippen LogP contribution in [-0.4, -0.2) is 48.2 Å². The summed E-state index contributed by atoms with van der Waals surface area (Å²) in [6.07, 6.45) is 3.63. The zero-order chi connectivity index (χ0) is 19.9. The summed E-state index contributed by atoms with van der Waals surface area (Å²) in [7, 11) is 0. The Kier molecular flexibility index (Phi) is 7.29. The number of carboxylic acid groups (broad SMARTS) is 1. The second kappa shape index (κ2) is 9.89. The lowest BCUT2D eigenvalue weighted by Crippen LogP contribution is -2.47. The van der Waals surface area contributed by atoms with Gasteiger partial charge in [-0.15, -0.1) is 0 Å². The molecule has 2 aromatic carbocycles. The quantitative estimate of drug-likeness (QED) is 0.705. The fourth-order valence-corrected chi connectivity index (χ4v) is 3.97. The average Bonchev–Trinajstić information content (AvgIpc) is 2.69. The maximum absolute atomic E-state index is 13.1. The van der Waals surface area contributed by atoms with E-state index in [1.807, 2.05) is 24.3 Å². The van der Waals surface area contributed by atoms with Crippen LogP contribution in [0.15, 0.2) is 48.5 Å². The minimum atomic E-state index is -0.785. The average molecular weight is 405 g/mol. The lowest BCUT2D eigenvalue weighted by atomic mass is 10.0. The van der Waals surface area contributed by atoms with Crippen molar-refractivity contribution >= 4 is 23.3 Å². The van der Waals surface area contributed by atoms with E-state index in [1.54, 1.807) is 12.1 Å². The fraction of sp³-hybridized carbons (Fsp3) is 0.409. The molecule has 4 nitrogen and oxygen atoms in total.